The van der Waals surface area contributed by atoms with Crippen LogP contribution in [0, 0.1) is 11.3 Å². The molecule has 0 aliphatic heterocycles. The zero-order chi connectivity index (χ0) is 17.1. The third-order valence-corrected chi connectivity index (χ3v) is 2.70. The van der Waals surface area contributed by atoms with E-state index < -0.39 is 0 Å². The van der Waals surface area contributed by atoms with Gasteiger partial charge in [0.2, 0.25) is 0 Å². The Labute approximate surface area is 137 Å². The Balaban J connectivity index is 3.08. The van der Waals surface area contributed by atoms with Gasteiger partial charge in [-0.3, -0.25) is 0 Å². The fourth-order valence-corrected chi connectivity index (χ4v) is 1.62. The second-order valence-corrected chi connectivity index (χ2v) is 4.82. The van der Waals surface area contributed by atoms with Crippen molar-refractivity contribution in [1.29, 1.82) is 5.26 Å². The van der Waals surface area contributed by atoms with Crippen LogP contribution in [0.5, 0.6) is 11.5 Å². The van der Waals surface area contributed by atoms with Crippen LogP contribution in [0.4, 0.5) is 5.69 Å². The van der Waals surface area contributed by atoms with Gasteiger partial charge in [-0.05, 0) is 0 Å². The number of nitrogens with zero attached hydrogens (tertiary/aromatic N) is 3. The van der Waals surface area contributed by atoms with Crippen LogP contribution in [0.2, 0.25) is 0 Å². The topological polar surface area (TPSA) is 76.3 Å². The molecule has 0 N–H and O–H groups in total. The summed E-state index contributed by atoms with van der Waals surface area (Å²) in [6.07, 6.45) is 1.63. The van der Waals surface area contributed by atoms with Gasteiger partial charge in [0.15, 0.2) is 11.5 Å². The van der Waals surface area contributed by atoms with Crippen molar-refractivity contribution < 1.29 is 18.9 Å². The van der Waals surface area contributed by atoms with E-state index in [1.807, 2.05) is 14.1 Å². The number of hydrogen-bond acceptors (Lipinski definition) is 6. The number of benzene rings is 1. The highest BCUT2D eigenvalue weighted by atomic mass is 16.5. The summed E-state index contributed by atoms with van der Waals surface area (Å²) in [7, 11) is 6.91. The molecule has 0 saturated carbocycles. The summed E-state index contributed by atoms with van der Waals surface area (Å²) >= 11 is 0. The number of hydrogen-bond donors (Lipinski definition) is 0. The van der Waals surface area contributed by atoms with Crippen LogP contribution < -0.4 is 9.47 Å². The summed E-state index contributed by atoms with van der Waals surface area (Å²) in [5.74, 6) is 1.00. The van der Waals surface area contributed by atoms with Crippen molar-refractivity contribution in [2.45, 2.75) is 0 Å². The molecule has 1 aromatic carbocycles. The maximum Gasteiger partial charge on any atom is 0.163 e. The Bertz CT molecular complexity index is 553. The molecular weight excluding hydrogens is 298 g/mol. The average molecular weight is 321 g/mol. The molecule has 1 aromatic rings. The van der Waals surface area contributed by atoms with Gasteiger partial charge < -0.3 is 23.8 Å². The highest BCUT2D eigenvalue weighted by Crippen LogP contribution is 2.35. The van der Waals surface area contributed by atoms with Crippen LogP contribution in [-0.4, -0.2) is 66.0 Å². The minimum Gasteiger partial charge on any atom is -0.487 e. The number of ether oxygens (including phenoxy) is 4. The summed E-state index contributed by atoms with van der Waals surface area (Å²) in [5.41, 5.74) is 0.933. The van der Waals surface area contributed by atoms with E-state index in [1.54, 1.807) is 37.6 Å². The van der Waals surface area contributed by atoms with Crippen molar-refractivity contribution >= 4 is 12.0 Å². The summed E-state index contributed by atoms with van der Waals surface area (Å²) in [4.78, 5) is 6.08. The minimum absolute atomic E-state index is 0.363. The van der Waals surface area contributed by atoms with Gasteiger partial charge in [0, 0.05) is 40.4 Å². The highest BCUT2D eigenvalue weighted by Gasteiger charge is 2.12. The van der Waals surface area contributed by atoms with Crippen LogP contribution >= 0.6 is 0 Å². The number of nitriles is 1. The van der Waals surface area contributed by atoms with Crippen LogP contribution in [0.25, 0.3) is 0 Å². The molecule has 0 fully saturated rings. The SMILES string of the molecule is COCCOc1cc(C#N)c(N=CN(C)C)cc1OCCOC. The molecule has 1 rings (SSSR count). The standard InChI is InChI=1S/C16H23N3O4/c1-19(2)12-18-14-10-16(23-8-6-21-4)15(9-13(14)11-17)22-7-5-20-3/h9-10,12H,5-8H2,1-4H3. The molecule has 0 radical (unpaired) electrons. The van der Waals surface area contributed by atoms with E-state index >= 15 is 0 Å². The van der Waals surface area contributed by atoms with E-state index in [2.05, 4.69) is 11.1 Å². The summed E-state index contributed by atoms with van der Waals surface area (Å²) < 4.78 is 21.2. The molecule has 0 amide bonds. The van der Waals surface area contributed by atoms with Crippen molar-refractivity contribution in [2.75, 3.05) is 54.7 Å². The lowest BCUT2D eigenvalue weighted by molar-refractivity contribution is 0.132. The van der Waals surface area contributed by atoms with E-state index in [4.69, 9.17) is 18.9 Å². The number of methoxy groups -OCH3 is 2. The van der Waals surface area contributed by atoms with Crippen LogP contribution in [-0.2, 0) is 9.47 Å². The Hall–Kier alpha value is -2.30. The first-order valence-electron chi connectivity index (χ1n) is 7.14. The monoisotopic (exact) mass is 321 g/mol. The fraction of sp³-hybridized carbons (Fsp3) is 0.500. The van der Waals surface area contributed by atoms with Crippen molar-refractivity contribution in [2.24, 2.45) is 4.99 Å². The summed E-state index contributed by atoms with van der Waals surface area (Å²) in [6, 6.07) is 5.44. The van der Waals surface area contributed by atoms with Gasteiger partial charge in [-0.15, -0.1) is 0 Å². The molecule has 7 heteroatoms. The van der Waals surface area contributed by atoms with E-state index in [0.29, 0.717) is 49.2 Å². The molecular formula is C16H23N3O4. The molecule has 0 atom stereocenters. The van der Waals surface area contributed by atoms with Crippen molar-refractivity contribution in [3.63, 3.8) is 0 Å². The number of aliphatic imine (C=N–C) groups is 1. The molecule has 0 heterocycles. The van der Waals surface area contributed by atoms with Gasteiger partial charge in [-0.2, -0.15) is 5.26 Å². The average Bonchev–Trinajstić information content (AvgIpc) is 2.54. The Morgan fingerprint density at radius 1 is 1.04 bits per heavy atom. The number of rotatable bonds is 10. The van der Waals surface area contributed by atoms with E-state index in [1.165, 1.54) is 0 Å². The normalized spacial score (nSPS) is 10.6. The molecule has 0 bridgehead atoms. The van der Waals surface area contributed by atoms with Gasteiger partial charge in [-0.25, -0.2) is 4.99 Å². The molecule has 0 aromatic heterocycles. The highest BCUT2D eigenvalue weighted by molar-refractivity contribution is 5.68. The van der Waals surface area contributed by atoms with Crippen molar-refractivity contribution in [1.82, 2.24) is 4.90 Å². The first-order chi connectivity index (χ1) is 11.1. The molecule has 126 valence electrons. The minimum atomic E-state index is 0.363. The van der Waals surface area contributed by atoms with Gasteiger partial charge in [0.25, 0.3) is 0 Å². The van der Waals surface area contributed by atoms with Crippen LogP contribution in [0.1, 0.15) is 5.56 Å². The van der Waals surface area contributed by atoms with E-state index in [0.717, 1.165) is 0 Å². The largest absolute Gasteiger partial charge is 0.487 e. The van der Waals surface area contributed by atoms with Gasteiger partial charge in [-0.1, -0.05) is 0 Å². The summed E-state index contributed by atoms with van der Waals surface area (Å²) in [5, 5.41) is 9.31. The molecule has 7 nitrogen and oxygen atoms in total. The Morgan fingerprint density at radius 2 is 1.61 bits per heavy atom. The van der Waals surface area contributed by atoms with E-state index in [-0.39, 0.29) is 0 Å². The third-order valence-electron chi connectivity index (χ3n) is 2.70. The molecule has 0 aliphatic carbocycles. The van der Waals surface area contributed by atoms with Gasteiger partial charge >= 0.3 is 0 Å². The fourth-order valence-electron chi connectivity index (χ4n) is 1.62. The quantitative estimate of drug-likeness (QED) is 0.372. The molecule has 0 unspecified atom stereocenters. The first-order valence-corrected chi connectivity index (χ1v) is 7.14. The van der Waals surface area contributed by atoms with Gasteiger partial charge in [0.1, 0.15) is 19.3 Å². The molecule has 0 saturated heterocycles. The van der Waals surface area contributed by atoms with Crippen molar-refractivity contribution in [3.05, 3.63) is 17.7 Å². The van der Waals surface area contributed by atoms with Gasteiger partial charge in [0.05, 0.1) is 30.8 Å². The molecule has 0 aliphatic rings. The lowest BCUT2D eigenvalue weighted by Crippen LogP contribution is -2.09. The Kier molecular flexibility index (Phi) is 8.50. The predicted molar refractivity (Wildman–Crippen MR) is 87.7 cm³/mol. The summed E-state index contributed by atoms with van der Waals surface area (Å²) in [6.45, 7) is 1.63. The second-order valence-electron chi connectivity index (χ2n) is 4.82. The molecule has 0 spiro atoms. The van der Waals surface area contributed by atoms with Crippen molar-refractivity contribution in [3.8, 4) is 17.6 Å². The third kappa shape index (κ3) is 6.55. The Morgan fingerprint density at radius 3 is 2.09 bits per heavy atom. The maximum atomic E-state index is 9.31. The van der Waals surface area contributed by atoms with E-state index in [9.17, 15) is 5.26 Å². The zero-order valence-corrected chi connectivity index (χ0v) is 14.0. The zero-order valence-electron chi connectivity index (χ0n) is 14.0. The lowest BCUT2D eigenvalue weighted by Gasteiger charge is -2.14. The maximum absolute atomic E-state index is 9.31. The molecule has 23 heavy (non-hydrogen) atoms. The van der Waals surface area contributed by atoms with Crippen LogP contribution in [0.3, 0.4) is 0 Å². The second kappa shape index (κ2) is 10.4. The smallest absolute Gasteiger partial charge is 0.163 e. The lowest BCUT2D eigenvalue weighted by atomic mass is 10.1. The predicted octanol–water partition coefficient (Wildman–Crippen LogP) is 1.83. The van der Waals surface area contributed by atoms with Crippen LogP contribution in [0.15, 0.2) is 17.1 Å². The first kappa shape index (κ1) is 18.7.